The standard InChI is InChI=1S/C15H20O2S/c1-11(9-17-2)7-13(16)8-12-10-18-15-6-4-3-5-14(12)15/h3-6,10-11,13,16H,7-9H2,1-2H3. The lowest BCUT2D eigenvalue weighted by Crippen LogP contribution is -2.17. The van der Waals surface area contributed by atoms with Crippen LogP contribution in [0.5, 0.6) is 0 Å². The van der Waals surface area contributed by atoms with Gasteiger partial charge in [0.1, 0.15) is 0 Å². The summed E-state index contributed by atoms with van der Waals surface area (Å²) in [5, 5.41) is 13.6. The minimum Gasteiger partial charge on any atom is -0.393 e. The Bertz CT molecular complexity index is 492. The molecule has 98 valence electrons. The molecule has 2 aromatic rings. The zero-order valence-electron chi connectivity index (χ0n) is 10.9. The SMILES string of the molecule is COCC(C)CC(O)Cc1csc2ccccc12. The van der Waals surface area contributed by atoms with Crippen molar-refractivity contribution in [1.82, 2.24) is 0 Å². The molecule has 1 N–H and O–H groups in total. The van der Waals surface area contributed by atoms with Crippen molar-refractivity contribution in [2.75, 3.05) is 13.7 Å². The van der Waals surface area contributed by atoms with Crippen LogP contribution in [0.1, 0.15) is 18.9 Å². The van der Waals surface area contributed by atoms with E-state index in [2.05, 4.69) is 36.6 Å². The predicted molar refractivity (Wildman–Crippen MR) is 77.2 cm³/mol. The topological polar surface area (TPSA) is 29.5 Å². The molecule has 0 radical (unpaired) electrons. The van der Waals surface area contributed by atoms with Crippen LogP contribution in [0.25, 0.3) is 10.1 Å². The molecule has 0 amide bonds. The summed E-state index contributed by atoms with van der Waals surface area (Å²) in [5.74, 6) is 0.398. The number of methoxy groups -OCH3 is 1. The smallest absolute Gasteiger partial charge is 0.0584 e. The van der Waals surface area contributed by atoms with E-state index in [1.165, 1.54) is 15.6 Å². The Morgan fingerprint density at radius 2 is 2.11 bits per heavy atom. The second-order valence-electron chi connectivity index (χ2n) is 4.91. The zero-order chi connectivity index (χ0) is 13.0. The molecule has 0 aliphatic carbocycles. The van der Waals surface area contributed by atoms with Crippen molar-refractivity contribution in [3.63, 3.8) is 0 Å². The second-order valence-corrected chi connectivity index (χ2v) is 5.82. The Labute approximate surface area is 112 Å². The van der Waals surface area contributed by atoms with E-state index in [0.717, 1.165) is 12.8 Å². The molecular weight excluding hydrogens is 244 g/mol. The predicted octanol–water partition coefficient (Wildman–Crippen LogP) is 3.48. The summed E-state index contributed by atoms with van der Waals surface area (Å²) < 4.78 is 6.40. The van der Waals surface area contributed by atoms with Crippen LogP contribution >= 0.6 is 11.3 Å². The molecule has 2 unspecified atom stereocenters. The number of aliphatic hydroxyl groups is 1. The van der Waals surface area contributed by atoms with Crippen molar-refractivity contribution in [1.29, 1.82) is 0 Å². The maximum absolute atomic E-state index is 10.1. The fraction of sp³-hybridized carbons (Fsp3) is 0.467. The van der Waals surface area contributed by atoms with Crippen LogP contribution in [0.4, 0.5) is 0 Å². The maximum Gasteiger partial charge on any atom is 0.0584 e. The Morgan fingerprint density at radius 3 is 2.89 bits per heavy atom. The maximum atomic E-state index is 10.1. The molecule has 0 saturated heterocycles. The first-order chi connectivity index (χ1) is 8.70. The molecule has 2 nitrogen and oxygen atoms in total. The van der Waals surface area contributed by atoms with E-state index in [1.807, 2.05) is 0 Å². The first kappa shape index (κ1) is 13.5. The third-order valence-corrected chi connectivity index (χ3v) is 4.15. The van der Waals surface area contributed by atoms with Crippen LogP contribution in [-0.4, -0.2) is 24.9 Å². The number of thiophene rings is 1. The van der Waals surface area contributed by atoms with Gasteiger partial charge >= 0.3 is 0 Å². The van der Waals surface area contributed by atoms with Gasteiger partial charge in [-0.2, -0.15) is 0 Å². The van der Waals surface area contributed by atoms with Crippen LogP contribution in [0.15, 0.2) is 29.6 Å². The molecule has 0 aliphatic heterocycles. The average molecular weight is 264 g/mol. The fourth-order valence-corrected chi connectivity index (χ4v) is 3.32. The van der Waals surface area contributed by atoms with E-state index in [1.54, 1.807) is 18.4 Å². The number of fused-ring (bicyclic) bond motifs is 1. The number of rotatable bonds is 6. The highest BCUT2D eigenvalue weighted by atomic mass is 32.1. The van der Waals surface area contributed by atoms with E-state index >= 15 is 0 Å². The molecule has 3 heteroatoms. The highest BCUT2D eigenvalue weighted by molar-refractivity contribution is 7.17. The average Bonchev–Trinajstić information content (AvgIpc) is 2.73. The van der Waals surface area contributed by atoms with E-state index in [4.69, 9.17) is 4.74 Å². The highest BCUT2D eigenvalue weighted by Crippen LogP contribution is 2.27. The summed E-state index contributed by atoms with van der Waals surface area (Å²) in [6.07, 6.45) is 1.24. The van der Waals surface area contributed by atoms with Gasteiger partial charge in [-0.3, -0.25) is 0 Å². The summed E-state index contributed by atoms with van der Waals surface area (Å²) in [7, 11) is 1.70. The minimum absolute atomic E-state index is 0.284. The number of ether oxygens (including phenoxy) is 1. The van der Waals surface area contributed by atoms with Crippen molar-refractivity contribution in [3.05, 3.63) is 35.2 Å². The second kappa shape index (κ2) is 6.32. The lowest BCUT2D eigenvalue weighted by Gasteiger charge is -2.15. The molecule has 1 aromatic heterocycles. The van der Waals surface area contributed by atoms with Crippen LogP contribution in [0.3, 0.4) is 0 Å². The lowest BCUT2D eigenvalue weighted by molar-refractivity contribution is 0.102. The van der Waals surface area contributed by atoms with Crippen molar-refractivity contribution in [2.24, 2.45) is 5.92 Å². The van der Waals surface area contributed by atoms with Crippen molar-refractivity contribution >= 4 is 21.4 Å². The van der Waals surface area contributed by atoms with Crippen LogP contribution < -0.4 is 0 Å². The first-order valence-electron chi connectivity index (χ1n) is 6.32. The third kappa shape index (κ3) is 3.31. The van der Waals surface area contributed by atoms with Crippen LogP contribution in [-0.2, 0) is 11.2 Å². The normalized spacial score (nSPS) is 14.8. The largest absolute Gasteiger partial charge is 0.393 e. The van der Waals surface area contributed by atoms with Gasteiger partial charge in [0.25, 0.3) is 0 Å². The summed E-state index contributed by atoms with van der Waals surface area (Å²) >= 11 is 1.75. The van der Waals surface area contributed by atoms with Crippen molar-refractivity contribution in [3.8, 4) is 0 Å². The van der Waals surface area contributed by atoms with Crippen LogP contribution in [0, 0.1) is 5.92 Å². The third-order valence-electron chi connectivity index (χ3n) is 3.14. The molecule has 0 bridgehead atoms. The Kier molecular flexibility index (Phi) is 4.75. The van der Waals surface area contributed by atoms with Gasteiger partial charge in [0.05, 0.1) is 6.10 Å². The molecule has 1 heterocycles. The Morgan fingerprint density at radius 1 is 1.33 bits per heavy atom. The number of benzene rings is 1. The molecular formula is C15H20O2S. The summed E-state index contributed by atoms with van der Waals surface area (Å²) in [6, 6.07) is 8.37. The summed E-state index contributed by atoms with van der Waals surface area (Å²) in [4.78, 5) is 0. The van der Waals surface area contributed by atoms with Gasteiger partial charge in [0.2, 0.25) is 0 Å². The number of aliphatic hydroxyl groups excluding tert-OH is 1. The molecule has 18 heavy (non-hydrogen) atoms. The molecule has 0 aliphatic rings. The monoisotopic (exact) mass is 264 g/mol. The molecule has 2 rings (SSSR count). The molecule has 0 spiro atoms. The van der Waals surface area contributed by atoms with Gasteiger partial charge in [-0.05, 0) is 41.2 Å². The fourth-order valence-electron chi connectivity index (χ4n) is 2.35. The Hall–Kier alpha value is -0.900. The number of hydrogen-bond acceptors (Lipinski definition) is 3. The molecule has 2 atom stereocenters. The van der Waals surface area contributed by atoms with Gasteiger partial charge in [-0.25, -0.2) is 0 Å². The Balaban J connectivity index is 2.00. The lowest BCUT2D eigenvalue weighted by atomic mass is 9.99. The summed E-state index contributed by atoms with van der Waals surface area (Å²) in [6.45, 7) is 2.82. The molecule has 0 saturated carbocycles. The van der Waals surface area contributed by atoms with Gasteiger partial charge in [0, 0.05) is 18.4 Å². The van der Waals surface area contributed by atoms with E-state index in [-0.39, 0.29) is 6.10 Å². The minimum atomic E-state index is -0.284. The van der Waals surface area contributed by atoms with Gasteiger partial charge in [-0.1, -0.05) is 25.1 Å². The highest BCUT2D eigenvalue weighted by Gasteiger charge is 2.13. The van der Waals surface area contributed by atoms with Gasteiger partial charge in [0.15, 0.2) is 0 Å². The summed E-state index contributed by atoms with van der Waals surface area (Å²) in [5.41, 5.74) is 1.26. The van der Waals surface area contributed by atoms with Crippen molar-refractivity contribution < 1.29 is 9.84 Å². The quantitative estimate of drug-likeness (QED) is 0.865. The van der Waals surface area contributed by atoms with Gasteiger partial charge < -0.3 is 9.84 Å². The van der Waals surface area contributed by atoms with E-state index in [0.29, 0.717) is 12.5 Å². The zero-order valence-corrected chi connectivity index (χ0v) is 11.7. The van der Waals surface area contributed by atoms with E-state index in [9.17, 15) is 5.11 Å². The molecule has 0 fully saturated rings. The van der Waals surface area contributed by atoms with Crippen LogP contribution in [0.2, 0.25) is 0 Å². The van der Waals surface area contributed by atoms with E-state index < -0.39 is 0 Å². The first-order valence-corrected chi connectivity index (χ1v) is 7.20. The van der Waals surface area contributed by atoms with Crippen molar-refractivity contribution in [2.45, 2.75) is 25.9 Å². The molecule has 1 aromatic carbocycles. The van der Waals surface area contributed by atoms with Gasteiger partial charge in [-0.15, -0.1) is 11.3 Å². The number of hydrogen-bond donors (Lipinski definition) is 1.